The van der Waals surface area contributed by atoms with Crippen molar-refractivity contribution < 1.29 is 4.74 Å². The smallest absolute Gasteiger partial charge is 0.0462 e. The lowest BCUT2D eigenvalue weighted by Gasteiger charge is -2.38. The molecule has 1 saturated carbocycles. The Balaban J connectivity index is 2.17. The lowest BCUT2D eigenvalue weighted by atomic mass is 9.71. The molecule has 1 fully saturated rings. The van der Waals surface area contributed by atoms with Gasteiger partial charge >= 0.3 is 0 Å². The van der Waals surface area contributed by atoms with Crippen molar-refractivity contribution in [3.63, 3.8) is 0 Å². The van der Waals surface area contributed by atoms with Gasteiger partial charge in [-0.05, 0) is 31.2 Å². The molecule has 1 aromatic carbocycles. The summed E-state index contributed by atoms with van der Waals surface area (Å²) in [6, 6.07) is 11.2. The van der Waals surface area contributed by atoms with Crippen molar-refractivity contribution in [2.45, 2.75) is 50.0 Å². The second-order valence-electron chi connectivity index (χ2n) is 5.58. The Bertz CT molecular complexity index is 360. The molecular formula is C16H26N2O. The van der Waals surface area contributed by atoms with Crippen molar-refractivity contribution >= 4 is 0 Å². The molecular weight excluding hydrogens is 236 g/mol. The summed E-state index contributed by atoms with van der Waals surface area (Å²) in [6.07, 6.45) is 7.20. The molecule has 0 saturated heterocycles. The fraction of sp³-hybridized carbons (Fsp3) is 0.625. The van der Waals surface area contributed by atoms with Crippen molar-refractivity contribution in [1.29, 1.82) is 0 Å². The predicted octanol–water partition coefficient (Wildman–Crippen LogP) is 2.76. The fourth-order valence-corrected chi connectivity index (χ4v) is 3.57. The van der Waals surface area contributed by atoms with Gasteiger partial charge in [0, 0.05) is 25.2 Å². The van der Waals surface area contributed by atoms with Crippen molar-refractivity contribution in [3.05, 3.63) is 35.9 Å². The van der Waals surface area contributed by atoms with E-state index < -0.39 is 0 Å². The Morgan fingerprint density at radius 3 is 2.53 bits per heavy atom. The molecule has 0 spiro atoms. The SMILES string of the molecule is COCCCC(NN)C1(c2ccccc2)CCCC1. The largest absolute Gasteiger partial charge is 0.385 e. The van der Waals surface area contributed by atoms with Gasteiger partial charge in [-0.25, -0.2) is 0 Å². The molecule has 1 aliphatic rings. The van der Waals surface area contributed by atoms with Crippen LogP contribution >= 0.6 is 0 Å². The molecule has 1 aliphatic carbocycles. The van der Waals surface area contributed by atoms with Crippen molar-refractivity contribution in [2.75, 3.05) is 13.7 Å². The van der Waals surface area contributed by atoms with Gasteiger partial charge in [-0.1, -0.05) is 43.2 Å². The highest BCUT2D eigenvalue weighted by Gasteiger charge is 2.41. The van der Waals surface area contributed by atoms with E-state index in [1.165, 1.54) is 31.2 Å². The predicted molar refractivity (Wildman–Crippen MR) is 78.8 cm³/mol. The first kappa shape index (κ1) is 14.5. The average molecular weight is 262 g/mol. The van der Waals surface area contributed by atoms with Crippen LogP contribution in [0.5, 0.6) is 0 Å². The Kier molecular flexibility index (Phi) is 5.37. The molecule has 0 aromatic heterocycles. The Labute approximate surface area is 116 Å². The molecule has 106 valence electrons. The van der Waals surface area contributed by atoms with Gasteiger partial charge in [0.15, 0.2) is 0 Å². The maximum Gasteiger partial charge on any atom is 0.0462 e. The molecule has 2 rings (SSSR count). The summed E-state index contributed by atoms with van der Waals surface area (Å²) in [4.78, 5) is 0. The molecule has 0 radical (unpaired) electrons. The van der Waals surface area contributed by atoms with Gasteiger partial charge in [-0.15, -0.1) is 0 Å². The fourth-order valence-electron chi connectivity index (χ4n) is 3.57. The van der Waals surface area contributed by atoms with E-state index in [9.17, 15) is 0 Å². The zero-order valence-electron chi connectivity index (χ0n) is 11.9. The van der Waals surface area contributed by atoms with Crippen LogP contribution in [-0.4, -0.2) is 19.8 Å². The maximum absolute atomic E-state index is 5.87. The van der Waals surface area contributed by atoms with Crippen LogP contribution in [0, 0.1) is 0 Å². The minimum Gasteiger partial charge on any atom is -0.385 e. The van der Waals surface area contributed by atoms with E-state index in [2.05, 4.69) is 35.8 Å². The monoisotopic (exact) mass is 262 g/mol. The Morgan fingerprint density at radius 2 is 1.95 bits per heavy atom. The van der Waals surface area contributed by atoms with Gasteiger partial charge in [-0.2, -0.15) is 0 Å². The van der Waals surface area contributed by atoms with Gasteiger partial charge in [0.2, 0.25) is 0 Å². The zero-order chi connectivity index (χ0) is 13.6. The van der Waals surface area contributed by atoms with E-state index in [0.29, 0.717) is 6.04 Å². The standard InChI is InChI=1S/C16H26N2O/c1-19-13-7-10-15(18-17)16(11-5-6-12-16)14-8-3-2-4-9-14/h2-4,8-9,15,18H,5-7,10-13,17H2,1H3. The molecule has 0 heterocycles. The van der Waals surface area contributed by atoms with Crippen LogP contribution in [0.3, 0.4) is 0 Å². The molecule has 3 heteroatoms. The number of hydrogen-bond acceptors (Lipinski definition) is 3. The summed E-state index contributed by atoms with van der Waals surface area (Å²) in [6.45, 7) is 0.809. The third kappa shape index (κ3) is 3.16. The second-order valence-corrected chi connectivity index (χ2v) is 5.58. The Morgan fingerprint density at radius 1 is 1.26 bits per heavy atom. The topological polar surface area (TPSA) is 47.3 Å². The van der Waals surface area contributed by atoms with Crippen LogP contribution < -0.4 is 11.3 Å². The summed E-state index contributed by atoms with van der Waals surface area (Å²) in [5.74, 6) is 5.87. The number of ether oxygens (including phenoxy) is 1. The highest BCUT2D eigenvalue weighted by atomic mass is 16.5. The third-order valence-corrected chi connectivity index (χ3v) is 4.55. The molecule has 19 heavy (non-hydrogen) atoms. The minimum absolute atomic E-state index is 0.212. The summed E-state index contributed by atoms with van der Waals surface area (Å²) in [7, 11) is 1.76. The molecule has 0 bridgehead atoms. The molecule has 1 aromatic rings. The summed E-state index contributed by atoms with van der Waals surface area (Å²) < 4.78 is 5.17. The summed E-state index contributed by atoms with van der Waals surface area (Å²) in [5, 5.41) is 0. The van der Waals surface area contributed by atoms with Gasteiger partial charge in [0.25, 0.3) is 0 Å². The third-order valence-electron chi connectivity index (χ3n) is 4.55. The van der Waals surface area contributed by atoms with Crippen LogP contribution in [-0.2, 0) is 10.2 Å². The molecule has 3 nitrogen and oxygen atoms in total. The lowest BCUT2D eigenvalue weighted by Crippen LogP contribution is -2.50. The van der Waals surface area contributed by atoms with Crippen LogP contribution in [0.1, 0.15) is 44.1 Å². The van der Waals surface area contributed by atoms with Gasteiger partial charge in [0.1, 0.15) is 0 Å². The van der Waals surface area contributed by atoms with E-state index in [4.69, 9.17) is 10.6 Å². The van der Waals surface area contributed by atoms with Crippen LogP contribution in [0.2, 0.25) is 0 Å². The molecule has 1 unspecified atom stereocenters. The number of hydrazine groups is 1. The summed E-state index contributed by atoms with van der Waals surface area (Å²) in [5.41, 5.74) is 4.74. The number of nitrogens with two attached hydrogens (primary N) is 1. The van der Waals surface area contributed by atoms with E-state index in [1.807, 2.05) is 0 Å². The molecule has 1 atom stereocenters. The minimum atomic E-state index is 0.212. The van der Waals surface area contributed by atoms with Gasteiger partial charge in [0.05, 0.1) is 0 Å². The maximum atomic E-state index is 5.87. The molecule has 0 amide bonds. The quantitative estimate of drug-likeness (QED) is 0.451. The molecule has 0 aliphatic heterocycles. The van der Waals surface area contributed by atoms with Gasteiger partial charge in [-0.3, -0.25) is 11.3 Å². The van der Waals surface area contributed by atoms with E-state index >= 15 is 0 Å². The van der Waals surface area contributed by atoms with E-state index in [1.54, 1.807) is 7.11 Å². The van der Waals surface area contributed by atoms with Crippen molar-refractivity contribution in [1.82, 2.24) is 5.43 Å². The number of benzene rings is 1. The van der Waals surface area contributed by atoms with Gasteiger partial charge < -0.3 is 4.74 Å². The van der Waals surface area contributed by atoms with Crippen molar-refractivity contribution in [2.24, 2.45) is 5.84 Å². The first-order chi connectivity index (χ1) is 9.33. The normalized spacial score (nSPS) is 19.5. The molecule has 3 N–H and O–H groups in total. The van der Waals surface area contributed by atoms with Crippen LogP contribution in [0.25, 0.3) is 0 Å². The number of rotatable bonds is 7. The van der Waals surface area contributed by atoms with Crippen molar-refractivity contribution in [3.8, 4) is 0 Å². The van der Waals surface area contributed by atoms with E-state index in [0.717, 1.165) is 19.4 Å². The summed E-state index contributed by atoms with van der Waals surface area (Å²) >= 11 is 0. The number of methoxy groups -OCH3 is 1. The lowest BCUT2D eigenvalue weighted by molar-refractivity contribution is 0.178. The van der Waals surface area contributed by atoms with E-state index in [-0.39, 0.29) is 5.41 Å². The van der Waals surface area contributed by atoms with Crippen LogP contribution in [0.4, 0.5) is 0 Å². The average Bonchev–Trinajstić information content (AvgIpc) is 2.95. The number of nitrogens with one attached hydrogen (secondary N) is 1. The first-order valence-electron chi connectivity index (χ1n) is 7.34. The zero-order valence-corrected chi connectivity index (χ0v) is 11.9. The first-order valence-corrected chi connectivity index (χ1v) is 7.34. The van der Waals surface area contributed by atoms with Crippen LogP contribution in [0.15, 0.2) is 30.3 Å². The second kappa shape index (κ2) is 7.04. The highest BCUT2D eigenvalue weighted by molar-refractivity contribution is 5.29. The Hall–Kier alpha value is -0.900. The number of hydrogen-bond donors (Lipinski definition) is 2. The highest BCUT2D eigenvalue weighted by Crippen LogP contribution is 2.44.